The normalized spacial score (nSPS) is 10.9. The number of oxazole rings is 1. The topological polar surface area (TPSA) is 78.9 Å². The van der Waals surface area contributed by atoms with Gasteiger partial charge in [0.1, 0.15) is 11.0 Å². The second-order valence-electron chi connectivity index (χ2n) is 4.27. The summed E-state index contributed by atoms with van der Waals surface area (Å²) >= 11 is 0. The monoisotopic (exact) mass is 279 g/mol. The molecule has 0 fully saturated rings. The molecule has 4 rings (SSSR count). The van der Waals surface area contributed by atoms with Crippen molar-refractivity contribution in [1.82, 2.24) is 25.1 Å². The van der Waals surface area contributed by atoms with E-state index in [4.69, 9.17) is 9.25 Å². The molecule has 0 N–H and O–H groups in total. The van der Waals surface area contributed by atoms with Crippen LogP contribution in [-0.2, 0) is 0 Å². The largest absolute Gasteiger partial charge is 0.439 e. The maximum absolute atomic E-state index is 5.67. The molecule has 0 amide bonds. The van der Waals surface area contributed by atoms with Gasteiger partial charge in [0.05, 0.1) is 0 Å². The predicted octanol–water partition coefficient (Wildman–Crippen LogP) is 2.32. The highest BCUT2D eigenvalue weighted by Crippen LogP contribution is 2.28. The average molecular weight is 279 g/mol. The van der Waals surface area contributed by atoms with Crippen LogP contribution in [-0.4, -0.2) is 25.1 Å². The van der Waals surface area contributed by atoms with Crippen LogP contribution in [0.1, 0.15) is 0 Å². The van der Waals surface area contributed by atoms with Crippen molar-refractivity contribution in [2.75, 3.05) is 0 Å². The molecule has 0 aliphatic rings. The van der Waals surface area contributed by atoms with Crippen LogP contribution in [0.4, 0.5) is 0 Å². The molecule has 3 aromatic heterocycles. The molecule has 0 radical (unpaired) electrons. The van der Waals surface area contributed by atoms with E-state index in [-0.39, 0.29) is 0 Å². The summed E-state index contributed by atoms with van der Waals surface area (Å²) in [4.78, 5) is 15.1. The minimum atomic E-state index is 0.304. The maximum Gasteiger partial charge on any atom is 0.295 e. The fourth-order valence-electron chi connectivity index (χ4n) is 1.99. The molecule has 0 unspecified atom stereocenters. The summed E-state index contributed by atoms with van der Waals surface area (Å²) in [6.45, 7) is 0. The second-order valence-corrected chi connectivity index (χ2v) is 4.27. The summed E-state index contributed by atoms with van der Waals surface area (Å²) in [6, 6.07) is 11.2. The molecule has 4 aromatic rings. The van der Waals surface area contributed by atoms with E-state index in [1.807, 2.05) is 36.4 Å². The zero-order valence-electron chi connectivity index (χ0n) is 10.7. The lowest BCUT2D eigenvalue weighted by molar-refractivity contribution is 0.177. The van der Waals surface area contributed by atoms with E-state index in [1.54, 1.807) is 12.4 Å². The number of nitrogens with zero attached hydrogens (tertiary/aromatic N) is 5. The van der Waals surface area contributed by atoms with Crippen molar-refractivity contribution in [2.45, 2.75) is 0 Å². The zero-order chi connectivity index (χ0) is 14.1. The van der Waals surface area contributed by atoms with Gasteiger partial charge >= 0.3 is 0 Å². The van der Waals surface area contributed by atoms with Gasteiger partial charge in [0.15, 0.2) is 6.39 Å². The Morgan fingerprint density at radius 2 is 2.05 bits per heavy atom. The molecule has 0 atom stereocenters. The van der Waals surface area contributed by atoms with Crippen LogP contribution in [0, 0.1) is 0 Å². The van der Waals surface area contributed by atoms with Crippen LogP contribution >= 0.6 is 0 Å². The molecule has 7 heteroatoms. The van der Waals surface area contributed by atoms with Gasteiger partial charge in [0.25, 0.3) is 5.88 Å². The van der Waals surface area contributed by atoms with Gasteiger partial charge in [-0.2, -0.15) is 4.98 Å². The van der Waals surface area contributed by atoms with Gasteiger partial charge < -0.3 is 9.25 Å². The van der Waals surface area contributed by atoms with Gasteiger partial charge in [0.2, 0.25) is 5.76 Å². The molecule has 7 nitrogen and oxygen atoms in total. The molecule has 102 valence electrons. The fourth-order valence-corrected chi connectivity index (χ4v) is 1.99. The number of hydrogen-bond acceptors (Lipinski definition) is 6. The lowest BCUT2D eigenvalue weighted by Gasteiger charge is -2.03. The Morgan fingerprint density at radius 1 is 1.10 bits per heavy atom. The zero-order valence-corrected chi connectivity index (χ0v) is 10.7. The molecule has 0 saturated carbocycles. The van der Waals surface area contributed by atoms with Gasteiger partial charge in [0, 0.05) is 18.0 Å². The quantitative estimate of drug-likeness (QED) is 0.572. The van der Waals surface area contributed by atoms with Crippen LogP contribution in [0.2, 0.25) is 0 Å². The molecule has 1 aromatic carbocycles. The van der Waals surface area contributed by atoms with Crippen molar-refractivity contribution >= 4 is 11.0 Å². The van der Waals surface area contributed by atoms with E-state index in [9.17, 15) is 0 Å². The van der Waals surface area contributed by atoms with E-state index in [2.05, 4.69) is 20.3 Å². The van der Waals surface area contributed by atoms with E-state index >= 15 is 0 Å². The van der Waals surface area contributed by atoms with E-state index in [0.717, 1.165) is 16.6 Å². The molecule has 0 bridgehead atoms. The summed E-state index contributed by atoms with van der Waals surface area (Å²) < 4.78 is 5.37. The molecule has 0 saturated heterocycles. The minimum absolute atomic E-state index is 0.304. The van der Waals surface area contributed by atoms with Crippen LogP contribution in [0.3, 0.4) is 0 Å². The molecule has 0 aliphatic heterocycles. The van der Waals surface area contributed by atoms with Crippen molar-refractivity contribution < 1.29 is 9.25 Å². The van der Waals surface area contributed by atoms with Crippen molar-refractivity contribution in [3.8, 4) is 17.2 Å². The first-order chi connectivity index (χ1) is 10.4. The van der Waals surface area contributed by atoms with Crippen molar-refractivity contribution in [3.63, 3.8) is 0 Å². The van der Waals surface area contributed by atoms with Crippen molar-refractivity contribution in [2.24, 2.45) is 0 Å². The summed E-state index contributed by atoms with van der Waals surface area (Å²) in [5.41, 5.74) is 2.26. The average Bonchev–Trinajstić information content (AvgIpc) is 3.16. The number of rotatable bonds is 3. The highest BCUT2D eigenvalue weighted by molar-refractivity contribution is 5.73. The number of pyridine rings is 1. The van der Waals surface area contributed by atoms with E-state index in [0.29, 0.717) is 11.6 Å². The maximum atomic E-state index is 5.67. The lowest BCUT2D eigenvalue weighted by atomic mass is 10.2. The van der Waals surface area contributed by atoms with Crippen LogP contribution in [0.5, 0.6) is 5.88 Å². The fraction of sp³-hybridized carbons (Fsp3) is 0. The third kappa shape index (κ3) is 2.00. The first kappa shape index (κ1) is 11.6. The Bertz CT molecular complexity index is 884. The molecule has 3 heterocycles. The number of fused-ring (bicyclic) bond motifs is 1. The van der Waals surface area contributed by atoms with Crippen LogP contribution in [0.25, 0.3) is 22.4 Å². The standard InChI is InChI=1S/C14H9N5O2/c1-2-6-12-11(5-1)17-18-19(12)21-14-13(20-9-16-14)10-4-3-7-15-8-10/h1-9H. The molecular weight excluding hydrogens is 270 g/mol. The summed E-state index contributed by atoms with van der Waals surface area (Å²) in [7, 11) is 0. The summed E-state index contributed by atoms with van der Waals surface area (Å²) in [5, 5.41) is 7.97. The SMILES string of the molecule is c1cncc(-c2ocnc2On2nnc3ccccc32)c1. The molecular formula is C14H9N5O2. The summed E-state index contributed by atoms with van der Waals surface area (Å²) in [6.07, 6.45) is 4.68. The Labute approximate surface area is 118 Å². The third-order valence-electron chi connectivity index (χ3n) is 2.95. The highest BCUT2D eigenvalue weighted by Gasteiger charge is 2.15. The van der Waals surface area contributed by atoms with Gasteiger partial charge in [-0.25, -0.2) is 0 Å². The van der Waals surface area contributed by atoms with Crippen LogP contribution in [0.15, 0.2) is 59.6 Å². The lowest BCUT2D eigenvalue weighted by Crippen LogP contribution is -2.07. The minimum Gasteiger partial charge on any atom is -0.439 e. The number of aromatic nitrogens is 5. The number of para-hydroxylation sites is 1. The van der Waals surface area contributed by atoms with Gasteiger partial charge in [-0.1, -0.05) is 17.0 Å². The molecule has 0 aliphatic carbocycles. The van der Waals surface area contributed by atoms with Gasteiger partial charge in [-0.3, -0.25) is 4.98 Å². The van der Waals surface area contributed by atoms with E-state index in [1.165, 1.54) is 11.2 Å². The van der Waals surface area contributed by atoms with Crippen molar-refractivity contribution in [3.05, 3.63) is 55.2 Å². The van der Waals surface area contributed by atoms with E-state index < -0.39 is 0 Å². The highest BCUT2D eigenvalue weighted by atomic mass is 16.7. The molecule has 0 spiro atoms. The Balaban J connectivity index is 1.74. The Morgan fingerprint density at radius 3 is 2.95 bits per heavy atom. The van der Waals surface area contributed by atoms with Gasteiger partial charge in [-0.05, 0) is 29.5 Å². The first-order valence-electron chi connectivity index (χ1n) is 6.24. The first-order valence-corrected chi connectivity index (χ1v) is 6.24. The predicted molar refractivity (Wildman–Crippen MR) is 73.3 cm³/mol. The second kappa shape index (κ2) is 4.71. The third-order valence-corrected chi connectivity index (χ3v) is 2.95. The van der Waals surface area contributed by atoms with Crippen molar-refractivity contribution in [1.29, 1.82) is 0 Å². The number of hydrogen-bond donors (Lipinski definition) is 0. The Kier molecular flexibility index (Phi) is 2.60. The number of benzene rings is 1. The van der Waals surface area contributed by atoms with Crippen LogP contribution < -0.4 is 4.84 Å². The smallest absolute Gasteiger partial charge is 0.295 e. The molecule has 21 heavy (non-hydrogen) atoms. The summed E-state index contributed by atoms with van der Waals surface area (Å²) in [5.74, 6) is 0.793. The van der Waals surface area contributed by atoms with Gasteiger partial charge in [-0.15, -0.1) is 5.10 Å². The Hall–Kier alpha value is -3.22.